The molecule has 2 amide bonds. The smallest absolute Gasteiger partial charge is 0.363 e. The summed E-state index contributed by atoms with van der Waals surface area (Å²) in [6.45, 7) is 6.26. The number of benzene rings is 1. The second-order valence-corrected chi connectivity index (χ2v) is 11.4. The number of halogens is 4. The van der Waals surface area contributed by atoms with Crippen LogP contribution in [-0.2, 0) is 21.4 Å². The predicted molar refractivity (Wildman–Crippen MR) is 159 cm³/mol. The van der Waals surface area contributed by atoms with E-state index in [-0.39, 0.29) is 36.1 Å². The van der Waals surface area contributed by atoms with E-state index in [0.717, 1.165) is 30.7 Å². The summed E-state index contributed by atoms with van der Waals surface area (Å²) in [4.78, 5) is 35.0. The Kier molecular flexibility index (Phi) is 9.52. The Bertz CT molecular complexity index is 1430. The molecule has 0 bridgehead atoms. The molecule has 3 N–H and O–H groups in total. The Hall–Kier alpha value is -3.61. The van der Waals surface area contributed by atoms with Crippen molar-refractivity contribution in [1.82, 2.24) is 30.7 Å². The molecule has 44 heavy (non-hydrogen) atoms. The molecule has 2 aromatic rings. The summed E-state index contributed by atoms with van der Waals surface area (Å²) in [5.74, 6) is -1.01. The van der Waals surface area contributed by atoms with Crippen LogP contribution in [0.15, 0.2) is 66.3 Å². The number of nitrogens with one attached hydrogen (secondary N) is 3. The lowest BCUT2D eigenvalue weighted by atomic mass is 9.97. The number of piperazine rings is 1. The van der Waals surface area contributed by atoms with Crippen molar-refractivity contribution in [1.29, 1.82) is 0 Å². The summed E-state index contributed by atoms with van der Waals surface area (Å²) in [5.41, 5.74) is -0.991. The first-order valence-electron chi connectivity index (χ1n) is 14.8. The average molecular weight is 633 g/mol. The predicted octanol–water partition coefficient (Wildman–Crippen LogP) is 4.03. The molecule has 0 saturated carbocycles. The summed E-state index contributed by atoms with van der Waals surface area (Å²) in [7, 11) is 0. The summed E-state index contributed by atoms with van der Waals surface area (Å²) >= 11 is 5.84. The molecule has 0 aliphatic carbocycles. The van der Waals surface area contributed by atoms with Gasteiger partial charge in [-0.25, -0.2) is 0 Å². The standard InChI is InChI=1S/C31H36ClF3N6O3/c1-3-23-19-40(29(43)24-8-7-21(32)16-25(24)31(33,34)35)14-15-41(23)26-9-11-30(44-4-2,20-6-5-12-36-17-20)39-27(26)28(42)38-22-10-13-37-18-22/h5-9,11-12,16-17,22-23,37,39H,3-4,10,13-15,18-19H2,1-2H3,(H,38,42)/t22-,23-,30?/m1/s1. The van der Waals surface area contributed by atoms with Crippen molar-refractivity contribution in [3.8, 4) is 0 Å². The number of dihydropyridines is 1. The van der Waals surface area contributed by atoms with Gasteiger partial charge in [0.05, 0.1) is 16.8 Å². The van der Waals surface area contributed by atoms with Crippen molar-refractivity contribution in [3.63, 3.8) is 0 Å². The number of amides is 2. The lowest BCUT2D eigenvalue weighted by Crippen LogP contribution is -2.57. The lowest BCUT2D eigenvalue weighted by Gasteiger charge is -2.46. The highest BCUT2D eigenvalue weighted by atomic mass is 35.5. The van der Waals surface area contributed by atoms with Crippen LogP contribution < -0.4 is 16.0 Å². The van der Waals surface area contributed by atoms with Crippen LogP contribution >= 0.6 is 11.6 Å². The minimum absolute atomic E-state index is 0.0394. The van der Waals surface area contributed by atoms with E-state index in [1.54, 1.807) is 18.5 Å². The van der Waals surface area contributed by atoms with Crippen LogP contribution in [0.3, 0.4) is 0 Å². The molecule has 3 atom stereocenters. The Labute approximate surface area is 259 Å². The van der Waals surface area contributed by atoms with Crippen molar-refractivity contribution in [2.45, 2.75) is 50.7 Å². The molecule has 1 aromatic heterocycles. The van der Waals surface area contributed by atoms with Crippen LogP contribution in [-0.4, -0.2) is 78.0 Å². The fourth-order valence-corrected chi connectivity index (χ4v) is 6.15. The zero-order valence-corrected chi connectivity index (χ0v) is 25.3. The van der Waals surface area contributed by atoms with Crippen LogP contribution in [0.5, 0.6) is 0 Å². The van der Waals surface area contributed by atoms with Crippen LogP contribution in [0.2, 0.25) is 5.02 Å². The van der Waals surface area contributed by atoms with E-state index in [2.05, 4.69) is 20.9 Å². The van der Waals surface area contributed by atoms with E-state index in [0.29, 0.717) is 37.5 Å². The summed E-state index contributed by atoms with van der Waals surface area (Å²) in [6.07, 6.45) is 3.68. The molecular formula is C31H36ClF3N6O3. The topological polar surface area (TPSA) is 98.8 Å². The van der Waals surface area contributed by atoms with Crippen molar-refractivity contribution >= 4 is 23.4 Å². The maximum absolute atomic E-state index is 13.9. The van der Waals surface area contributed by atoms with Crippen LogP contribution in [0.4, 0.5) is 13.2 Å². The van der Waals surface area contributed by atoms with Crippen LogP contribution in [0.25, 0.3) is 0 Å². The molecular weight excluding hydrogens is 597 g/mol. The monoisotopic (exact) mass is 632 g/mol. The highest BCUT2D eigenvalue weighted by molar-refractivity contribution is 6.30. The molecule has 0 radical (unpaired) electrons. The number of pyridine rings is 1. The van der Waals surface area contributed by atoms with E-state index < -0.39 is 28.9 Å². The zero-order chi connectivity index (χ0) is 31.5. The Balaban J connectivity index is 1.46. The third-order valence-corrected chi connectivity index (χ3v) is 8.43. The fraction of sp³-hybridized carbons (Fsp3) is 0.452. The molecule has 9 nitrogen and oxygen atoms in total. The number of alkyl halides is 3. The molecule has 4 heterocycles. The molecule has 1 aromatic carbocycles. The van der Waals surface area contributed by atoms with Gasteiger partial charge >= 0.3 is 6.18 Å². The summed E-state index contributed by atoms with van der Waals surface area (Å²) in [6, 6.07) is 6.55. The number of nitrogens with zero attached hydrogens (tertiary/aromatic N) is 3. The van der Waals surface area contributed by atoms with Gasteiger partial charge in [0.15, 0.2) is 5.72 Å². The van der Waals surface area contributed by atoms with E-state index in [1.807, 2.05) is 37.0 Å². The number of carbonyl (C=O) groups is 2. The number of ether oxygens (including phenoxy) is 1. The number of allylic oxidation sites excluding steroid dienone is 1. The lowest BCUT2D eigenvalue weighted by molar-refractivity contribution is -0.138. The molecule has 1 unspecified atom stereocenters. The van der Waals surface area contributed by atoms with E-state index in [1.165, 1.54) is 11.0 Å². The number of carbonyl (C=O) groups excluding carboxylic acids is 2. The van der Waals surface area contributed by atoms with E-state index >= 15 is 0 Å². The third-order valence-electron chi connectivity index (χ3n) is 8.20. The van der Waals surface area contributed by atoms with Gasteiger partial charge in [-0.2, -0.15) is 13.2 Å². The van der Waals surface area contributed by atoms with Gasteiger partial charge in [0.25, 0.3) is 11.8 Å². The number of hydrogen-bond donors (Lipinski definition) is 3. The van der Waals surface area contributed by atoms with Crippen molar-refractivity contribution in [2.75, 3.05) is 39.3 Å². The third kappa shape index (κ3) is 6.57. The minimum atomic E-state index is -4.73. The molecule has 3 aliphatic heterocycles. The summed E-state index contributed by atoms with van der Waals surface area (Å²) < 4.78 is 47.6. The van der Waals surface area contributed by atoms with Gasteiger partial charge in [0.2, 0.25) is 0 Å². The molecule has 2 fully saturated rings. The average Bonchev–Trinajstić information content (AvgIpc) is 3.53. The number of rotatable bonds is 8. The van der Waals surface area contributed by atoms with E-state index in [9.17, 15) is 22.8 Å². The van der Waals surface area contributed by atoms with Gasteiger partial charge in [-0.1, -0.05) is 24.6 Å². The maximum Gasteiger partial charge on any atom is 0.417 e. The zero-order valence-electron chi connectivity index (χ0n) is 24.6. The largest absolute Gasteiger partial charge is 0.417 e. The van der Waals surface area contributed by atoms with Gasteiger partial charge in [0, 0.05) is 67.8 Å². The first kappa shape index (κ1) is 31.8. The first-order valence-corrected chi connectivity index (χ1v) is 15.1. The van der Waals surface area contributed by atoms with Crippen LogP contribution in [0.1, 0.15) is 48.2 Å². The Morgan fingerprint density at radius 1 is 1.23 bits per heavy atom. The Morgan fingerprint density at radius 3 is 2.70 bits per heavy atom. The molecule has 2 saturated heterocycles. The van der Waals surface area contributed by atoms with Gasteiger partial charge in [-0.15, -0.1) is 0 Å². The molecule has 236 valence electrons. The maximum atomic E-state index is 13.9. The summed E-state index contributed by atoms with van der Waals surface area (Å²) in [5, 5.41) is 9.66. The SMILES string of the molecule is CCOC1(c2cccnc2)C=CC(N2CCN(C(=O)c3ccc(Cl)cc3C(F)(F)F)C[C@H]2CC)=C(C(=O)N[C@@H]2CCNC2)N1. The highest BCUT2D eigenvalue weighted by Crippen LogP contribution is 2.36. The Morgan fingerprint density at radius 2 is 2.05 bits per heavy atom. The van der Waals surface area contributed by atoms with Gasteiger partial charge in [-0.05, 0) is 62.7 Å². The van der Waals surface area contributed by atoms with Crippen molar-refractivity contribution in [3.05, 3.63) is 88.0 Å². The fourth-order valence-electron chi connectivity index (χ4n) is 5.98. The first-order chi connectivity index (χ1) is 21.1. The van der Waals surface area contributed by atoms with Gasteiger partial charge in [0.1, 0.15) is 5.70 Å². The van der Waals surface area contributed by atoms with Crippen molar-refractivity contribution < 1.29 is 27.5 Å². The van der Waals surface area contributed by atoms with E-state index in [4.69, 9.17) is 16.3 Å². The number of aromatic nitrogens is 1. The minimum Gasteiger partial charge on any atom is -0.363 e. The van der Waals surface area contributed by atoms with Crippen molar-refractivity contribution in [2.24, 2.45) is 0 Å². The normalized spacial score (nSPS) is 24.0. The number of hydrogen-bond acceptors (Lipinski definition) is 7. The second kappa shape index (κ2) is 13.2. The highest BCUT2D eigenvalue weighted by Gasteiger charge is 2.41. The quantitative estimate of drug-likeness (QED) is 0.404. The van der Waals surface area contributed by atoms with Gasteiger partial charge in [-0.3, -0.25) is 14.6 Å². The molecule has 0 spiro atoms. The second-order valence-electron chi connectivity index (χ2n) is 11.0. The van der Waals surface area contributed by atoms with Gasteiger partial charge < -0.3 is 30.5 Å². The molecule has 13 heteroatoms. The van der Waals surface area contributed by atoms with Crippen LogP contribution in [0, 0.1) is 0 Å². The molecule has 3 aliphatic rings. The molecule has 5 rings (SSSR count).